The average molecular weight is 373 g/mol. The van der Waals surface area contributed by atoms with E-state index in [1.165, 1.54) is 45.1 Å². The first-order chi connectivity index (χ1) is 13.3. The summed E-state index contributed by atoms with van der Waals surface area (Å²) in [6, 6.07) is 1.34. The van der Waals surface area contributed by atoms with Crippen molar-refractivity contribution in [3.05, 3.63) is 17.0 Å². The second kappa shape index (κ2) is 7.21. The molecule has 1 aromatic rings. The van der Waals surface area contributed by atoms with Gasteiger partial charge < -0.3 is 9.64 Å². The summed E-state index contributed by atoms with van der Waals surface area (Å²) in [4.78, 5) is 18.3. The number of aromatic amines is 1. The molecule has 1 N–H and O–H groups in total. The Balaban J connectivity index is 1.39. The van der Waals surface area contributed by atoms with Crippen LogP contribution in [-0.2, 0) is 17.8 Å². The van der Waals surface area contributed by atoms with E-state index in [1.54, 1.807) is 0 Å². The van der Waals surface area contributed by atoms with E-state index >= 15 is 0 Å². The average Bonchev–Trinajstić information content (AvgIpc) is 3.14. The highest BCUT2D eigenvalue weighted by Gasteiger charge is 2.47. The second-order valence-electron chi connectivity index (χ2n) is 8.95. The van der Waals surface area contributed by atoms with Crippen LogP contribution in [0.25, 0.3) is 0 Å². The van der Waals surface area contributed by atoms with Crippen molar-refractivity contribution in [3.63, 3.8) is 0 Å². The molecule has 0 spiro atoms. The van der Waals surface area contributed by atoms with Gasteiger partial charge in [-0.05, 0) is 44.1 Å². The molecule has 6 nitrogen and oxygen atoms in total. The first-order valence-corrected chi connectivity index (χ1v) is 10.9. The number of piperidine rings is 3. The van der Waals surface area contributed by atoms with Gasteiger partial charge in [-0.2, -0.15) is 5.10 Å². The Labute approximate surface area is 161 Å². The topological polar surface area (TPSA) is 61.5 Å². The number of amides is 1. The first-order valence-electron chi connectivity index (χ1n) is 10.9. The maximum atomic E-state index is 13.4. The number of likely N-dealkylation sites (tertiary alicyclic amines) is 1. The van der Waals surface area contributed by atoms with Crippen LogP contribution in [0, 0.1) is 11.8 Å². The zero-order valence-electron chi connectivity index (χ0n) is 16.5. The van der Waals surface area contributed by atoms with Crippen LogP contribution < -0.4 is 0 Å². The molecule has 4 atom stereocenters. The maximum absolute atomic E-state index is 13.4. The van der Waals surface area contributed by atoms with Crippen molar-refractivity contribution < 1.29 is 9.53 Å². The number of rotatable bonds is 3. The van der Waals surface area contributed by atoms with Crippen molar-refractivity contribution in [1.29, 1.82) is 0 Å². The van der Waals surface area contributed by atoms with Gasteiger partial charge >= 0.3 is 0 Å². The highest BCUT2D eigenvalue weighted by molar-refractivity contribution is 5.94. The lowest BCUT2D eigenvalue weighted by Gasteiger charge is -2.57. The van der Waals surface area contributed by atoms with E-state index in [1.807, 2.05) is 0 Å². The number of H-pyrrole nitrogens is 1. The van der Waals surface area contributed by atoms with Crippen LogP contribution >= 0.6 is 0 Å². The summed E-state index contributed by atoms with van der Waals surface area (Å²) in [5.41, 5.74) is 2.69. The molecule has 148 valence electrons. The molecule has 3 saturated heterocycles. The van der Waals surface area contributed by atoms with Gasteiger partial charge in [0.2, 0.25) is 0 Å². The Morgan fingerprint density at radius 3 is 3.07 bits per heavy atom. The largest absolute Gasteiger partial charge is 0.376 e. The summed E-state index contributed by atoms with van der Waals surface area (Å²) < 4.78 is 5.59. The van der Waals surface area contributed by atoms with Crippen LogP contribution in [0.15, 0.2) is 0 Å². The predicted octanol–water partition coefficient (Wildman–Crippen LogP) is 2.60. The second-order valence-corrected chi connectivity index (χ2v) is 8.95. The van der Waals surface area contributed by atoms with Gasteiger partial charge in [0.15, 0.2) is 5.69 Å². The van der Waals surface area contributed by atoms with E-state index in [0.29, 0.717) is 42.8 Å². The zero-order valence-corrected chi connectivity index (χ0v) is 16.5. The van der Waals surface area contributed by atoms with E-state index < -0.39 is 0 Å². The van der Waals surface area contributed by atoms with Crippen molar-refractivity contribution in [3.8, 4) is 0 Å². The van der Waals surface area contributed by atoms with Gasteiger partial charge in [-0.1, -0.05) is 19.8 Å². The summed E-state index contributed by atoms with van der Waals surface area (Å²) >= 11 is 0. The number of nitrogens with zero attached hydrogens (tertiary/aromatic N) is 3. The van der Waals surface area contributed by atoms with Crippen LogP contribution in [0.1, 0.15) is 67.2 Å². The molecule has 1 aromatic heterocycles. The Morgan fingerprint density at radius 2 is 2.19 bits per heavy atom. The Bertz CT molecular complexity index is 702. The lowest BCUT2D eigenvalue weighted by Crippen LogP contribution is -2.64. The summed E-state index contributed by atoms with van der Waals surface area (Å²) in [7, 11) is 0. The number of aromatic nitrogens is 2. The van der Waals surface area contributed by atoms with Crippen LogP contribution in [-0.4, -0.2) is 64.2 Å². The van der Waals surface area contributed by atoms with Gasteiger partial charge in [0.25, 0.3) is 5.91 Å². The summed E-state index contributed by atoms with van der Waals surface area (Å²) in [6.45, 7) is 6.59. The number of carbonyl (C=O) groups is 1. The molecule has 1 amide bonds. The van der Waals surface area contributed by atoms with Crippen molar-refractivity contribution in [1.82, 2.24) is 20.0 Å². The standard InChI is InChI=1S/C21H32N4O2/c1-2-5-18-14-10-15(19-6-3-4-8-25(18)19)12-24(11-14)21(26)20-16-13-27-9-7-17(16)22-23-20/h14-15,18-19H,2-13H2,1H3,(H,22,23)/t14-,15+,18-,19-/m0/s1. The molecular weight excluding hydrogens is 340 g/mol. The minimum absolute atomic E-state index is 0.118. The van der Waals surface area contributed by atoms with E-state index in [4.69, 9.17) is 4.74 Å². The normalized spacial score (nSPS) is 33.4. The third-order valence-electron chi connectivity index (χ3n) is 7.39. The monoisotopic (exact) mass is 372 g/mol. The highest BCUT2D eigenvalue weighted by Crippen LogP contribution is 2.42. The number of carbonyl (C=O) groups excluding carboxylic acids is 1. The van der Waals surface area contributed by atoms with E-state index in [9.17, 15) is 4.79 Å². The fourth-order valence-electron chi connectivity index (χ4n) is 6.21. The molecule has 6 heteroatoms. The molecule has 0 aromatic carbocycles. The third kappa shape index (κ3) is 3.01. The molecule has 4 aliphatic heterocycles. The molecule has 0 unspecified atom stereocenters. The maximum Gasteiger partial charge on any atom is 0.274 e. The summed E-state index contributed by atoms with van der Waals surface area (Å²) in [5, 5.41) is 7.48. The molecule has 5 rings (SSSR count). The van der Waals surface area contributed by atoms with Crippen molar-refractivity contribution in [2.45, 2.75) is 70.6 Å². The van der Waals surface area contributed by atoms with E-state index in [2.05, 4.69) is 26.9 Å². The Kier molecular flexibility index (Phi) is 4.72. The Morgan fingerprint density at radius 1 is 1.30 bits per heavy atom. The summed E-state index contributed by atoms with van der Waals surface area (Å²) in [6.07, 6.45) is 8.63. The molecule has 0 aliphatic carbocycles. The minimum Gasteiger partial charge on any atom is -0.376 e. The lowest BCUT2D eigenvalue weighted by atomic mass is 9.71. The number of hydrogen-bond donors (Lipinski definition) is 1. The van der Waals surface area contributed by atoms with Crippen molar-refractivity contribution in [2.24, 2.45) is 11.8 Å². The van der Waals surface area contributed by atoms with Crippen molar-refractivity contribution >= 4 is 5.91 Å². The molecule has 0 radical (unpaired) electrons. The van der Waals surface area contributed by atoms with Gasteiger partial charge in [-0.3, -0.25) is 14.8 Å². The molecule has 5 heterocycles. The van der Waals surface area contributed by atoms with Gasteiger partial charge in [0.05, 0.1) is 13.2 Å². The fraction of sp³-hybridized carbons (Fsp3) is 0.810. The third-order valence-corrected chi connectivity index (χ3v) is 7.39. The molecule has 2 bridgehead atoms. The molecule has 27 heavy (non-hydrogen) atoms. The number of ether oxygens (including phenoxy) is 1. The zero-order chi connectivity index (χ0) is 18.4. The number of nitrogens with one attached hydrogen (secondary N) is 1. The van der Waals surface area contributed by atoms with Crippen LogP contribution in [0.4, 0.5) is 0 Å². The number of hydrogen-bond acceptors (Lipinski definition) is 4. The van der Waals surface area contributed by atoms with Crippen LogP contribution in [0.5, 0.6) is 0 Å². The molecule has 0 saturated carbocycles. The smallest absolute Gasteiger partial charge is 0.274 e. The van der Waals surface area contributed by atoms with Gasteiger partial charge in [0, 0.05) is 42.9 Å². The minimum atomic E-state index is 0.118. The van der Waals surface area contributed by atoms with Gasteiger partial charge in [0.1, 0.15) is 0 Å². The summed E-state index contributed by atoms with van der Waals surface area (Å²) in [5.74, 6) is 1.37. The fourth-order valence-corrected chi connectivity index (χ4v) is 6.21. The first kappa shape index (κ1) is 17.7. The van der Waals surface area contributed by atoms with Gasteiger partial charge in [-0.15, -0.1) is 0 Å². The van der Waals surface area contributed by atoms with Crippen LogP contribution in [0.2, 0.25) is 0 Å². The molecular formula is C21H32N4O2. The highest BCUT2D eigenvalue weighted by atomic mass is 16.5. The Hall–Kier alpha value is -1.40. The SMILES string of the molecule is CCC[C@H]1[C@H]2C[C@H](CN(C(=O)c3n[nH]c4c3COCC4)C2)[C@@H]2CCCCN21. The van der Waals surface area contributed by atoms with E-state index in [-0.39, 0.29) is 5.91 Å². The van der Waals surface area contributed by atoms with Crippen LogP contribution in [0.3, 0.4) is 0 Å². The predicted molar refractivity (Wildman–Crippen MR) is 102 cm³/mol. The molecule has 4 aliphatic rings. The number of fused-ring (bicyclic) bond motifs is 5. The van der Waals surface area contributed by atoms with E-state index in [0.717, 1.165) is 30.8 Å². The quantitative estimate of drug-likeness (QED) is 0.886. The van der Waals surface area contributed by atoms with Gasteiger partial charge in [-0.25, -0.2) is 0 Å². The van der Waals surface area contributed by atoms with Crippen molar-refractivity contribution in [2.75, 3.05) is 26.2 Å². The molecule has 3 fully saturated rings. The lowest BCUT2D eigenvalue weighted by molar-refractivity contribution is -0.0672.